The molecule has 3 aliphatic carbocycles. The quantitative estimate of drug-likeness (QED) is 0.742. The normalized spacial score (nSPS) is 31.0. The third-order valence-corrected chi connectivity index (χ3v) is 6.52. The molecule has 3 aliphatic rings. The van der Waals surface area contributed by atoms with Crippen LogP contribution in [0.4, 0.5) is 0 Å². The van der Waals surface area contributed by atoms with Crippen LogP contribution in [0.2, 0.25) is 0 Å². The molecule has 0 saturated heterocycles. The molecule has 2 aromatic rings. The Morgan fingerprint density at radius 3 is 2.72 bits per heavy atom. The van der Waals surface area contributed by atoms with E-state index in [9.17, 15) is 4.79 Å². The van der Waals surface area contributed by atoms with Gasteiger partial charge in [-0.2, -0.15) is 5.26 Å². The van der Waals surface area contributed by atoms with Gasteiger partial charge >= 0.3 is 0 Å². The molecule has 2 aromatic carbocycles. The Balaban J connectivity index is 1.87. The Labute approximate surface area is 149 Å². The van der Waals surface area contributed by atoms with Crippen molar-refractivity contribution in [1.29, 1.82) is 5.26 Å². The number of carbonyl (C=O) groups is 1. The van der Waals surface area contributed by atoms with Crippen LogP contribution in [0.3, 0.4) is 0 Å². The largest absolute Gasteiger partial charge is 0.299 e. The first-order valence-electron chi connectivity index (χ1n) is 9.09. The summed E-state index contributed by atoms with van der Waals surface area (Å²) in [4.78, 5) is 13.0. The fourth-order valence-electron chi connectivity index (χ4n) is 5.06. The van der Waals surface area contributed by atoms with Crippen LogP contribution in [-0.4, -0.2) is 5.78 Å². The van der Waals surface area contributed by atoms with E-state index in [1.807, 2.05) is 0 Å². The number of benzene rings is 2. The Morgan fingerprint density at radius 1 is 1.16 bits per heavy atom. The molecule has 5 rings (SSSR count). The molecular formula is C23H23NO. The third-order valence-electron chi connectivity index (χ3n) is 6.52. The average Bonchev–Trinajstić information content (AvgIpc) is 2.61. The Bertz CT molecular complexity index is 929. The number of hydrogen-bond acceptors (Lipinski definition) is 2. The first kappa shape index (κ1) is 16.1. The molecule has 2 nitrogen and oxygen atoms in total. The van der Waals surface area contributed by atoms with Crippen molar-refractivity contribution in [3.05, 3.63) is 54.1 Å². The Kier molecular flexibility index (Phi) is 3.58. The smallest absolute Gasteiger partial charge is 0.143 e. The molecule has 126 valence electrons. The van der Waals surface area contributed by atoms with Gasteiger partial charge in [0.05, 0.1) is 11.5 Å². The standard InChI is InChI=1S/C23H23NO/c1-22(11-6-12-24)15-23(2)20(13-17(22)14-21(23)25)19-10-5-8-16-7-3-4-9-18(16)19/h3-5,7-10,13,17H,6,11,14-15H2,1-2H3/t17-,22?,23+/m0/s1. The van der Waals surface area contributed by atoms with Gasteiger partial charge < -0.3 is 0 Å². The number of nitrogens with zero attached hydrogens (tertiary/aromatic N) is 1. The number of Topliss-reactive ketones (excluding diaryl/α,β-unsaturated/α-hetero) is 1. The summed E-state index contributed by atoms with van der Waals surface area (Å²) in [5.41, 5.74) is 2.00. The molecule has 3 atom stereocenters. The van der Waals surface area contributed by atoms with Crippen molar-refractivity contribution in [3.63, 3.8) is 0 Å². The topological polar surface area (TPSA) is 40.9 Å². The molecule has 2 heteroatoms. The van der Waals surface area contributed by atoms with Gasteiger partial charge in [-0.1, -0.05) is 55.5 Å². The van der Waals surface area contributed by atoms with Crippen LogP contribution < -0.4 is 0 Å². The molecule has 2 bridgehead atoms. The van der Waals surface area contributed by atoms with E-state index < -0.39 is 5.41 Å². The van der Waals surface area contributed by atoms with Crippen molar-refractivity contribution >= 4 is 22.1 Å². The van der Waals surface area contributed by atoms with Crippen molar-refractivity contribution in [3.8, 4) is 6.07 Å². The van der Waals surface area contributed by atoms with Crippen molar-refractivity contribution in [2.45, 2.75) is 39.5 Å². The molecule has 0 radical (unpaired) electrons. The molecule has 0 N–H and O–H groups in total. The van der Waals surface area contributed by atoms with Gasteiger partial charge in [-0.15, -0.1) is 0 Å². The predicted octanol–water partition coefficient (Wildman–Crippen LogP) is 5.53. The van der Waals surface area contributed by atoms with E-state index in [4.69, 9.17) is 5.26 Å². The molecule has 1 unspecified atom stereocenters. The number of rotatable bonds is 3. The number of hydrogen-bond donors (Lipinski definition) is 0. The van der Waals surface area contributed by atoms with Gasteiger partial charge in [0.15, 0.2) is 0 Å². The zero-order valence-corrected chi connectivity index (χ0v) is 14.9. The molecule has 0 amide bonds. The fourth-order valence-corrected chi connectivity index (χ4v) is 5.06. The van der Waals surface area contributed by atoms with E-state index in [0.29, 0.717) is 18.6 Å². The maximum absolute atomic E-state index is 13.0. The first-order chi connectivity index (χ1) is 12.0. The lowest BCUT2D eigenvalue weighted by atomic mass is 9.49. The number of nitriles is 1. The minimum atomic E-state index is -0.441. The van der Waals surface area contributed by atoms with Gasteiger partial charge in [0.2, 0.25) is 0 Å². The first-order valence-corrected chi connectivity index (χ1v) is 9.09. The van der Waals surface area contributed by atoms with E-state index in [1.165, 1.54) is 21.9 Å². The SMILES string of the molecule is CC1(CCC#N)C[C@@]2(C)C(=O)C[C@@H]1C=C2c1cccc2ccccc12. The van der Waals surface area contributed by atoms with E-state index in [-0.39, 0.29) is 11.3 Å². The lowest BCUT2D eigenvalue weighted by Gasteiger charge is -2.53. The van der Waals surface area contributed by atoms with Crippen molar-refractivity contribution < 1.29 is 4.79 Å². The maximum atomic E-state index is 13.0. The lowest BCUT2D eigenvalue weighted by Crippen LogP contribution is -2.49. The third kappa shape index (κ3) is 2.34. The van der Waals surface area contributed by atoms with Crippen molar-refractivity contribution in [2.24, 2.45) is 16.7 Å². The summed E-state index contributed by atoms with van der Waals surface area (Å²) in [6.07, 6.45) is 5.25. The predicted molar refractivity (Wildman–Crippen MR) is 101 cm³/mol. The van der Waals surface area contributed by atoms with Crippen LogP contribution in [0, 0.1) is 28.1 Å². The summed E-state index contributed by atoms with van der Waals surface area (Å²) in [5, 5.41) is 11.4. The molecule has 0 spiro atoms. The second-order valence-electron chi connectivity index (χ2n) is 8.16. The highest BCUT2D eigenvalue weighted by atomic mass is 16.1. The van der Waals surface area contributed by atoms with Crippen LogP contribution in [0.15, 0.2) is 48.5 Å². The number of fused-ring (bicyclic) bond motifs is 3. The minimum absolute atomic E-state index is 0.0481. The zero-order valence-electron chi connectivity index (χ0n) is 14.9. The van der Waals surface area contributed by atoms with Crippen LogP contribution >= 0.6 is 0 Å². The number of allylic oxidation sites excluding steroid dienone is 2. The van der Waals surface area contributed by atoms with E-state index in [0.717, 1.165) is 12.8 Å². The van der Waals surface area contributed by atoms with Crippen LogP contribution in [0.25, 0.3) is 16.3 Å². The summed E-state index contributed by atoms with van der Waals surface area (Å²) >= 11 is 0. The van der Waals surface area contributed by atoms with Crippen LogP contribution in [0.5, 0.6) is 0 Å². The van der Waals surface area contributed by atoms with E-state index in [1.54, 1.807) is 0 Å². The zero-order chi connectivity index (χ0) is 17.7. The maximum Gasteiger partial charge on any atom is 0.143 e. The second-order valence-corrected chi connectivity index (χ2v) is 8.16. The number of carbonyl (C=O) groups excluding carboxylic acids is 1. The summed E-state index contributed by atoms with van der Waals surface area (Å²) in [5.74, 6) is 0.599. The highest BCUT2D eigenvalue weighted by Crippen LogP contribution is 2.60. The molecule has 0 heterocycles. The van der Waals surface area contributed by atoms with Gasteiger partial charge in [0, 0.05) is 12.8 Å². The minimum Gasteiger partial charge on any atom is -0.299 e. The van der Waals surface area contributed by atoms with Gasteiger partial charge in [-0.25, -0.2) is 0 Å². The summed E-state index contributed by atoms with van der Waals surface area (Å²) < 4.78 is 0. The summed E-state index contributed by atoms with van der Waals surface area (Å²) in [7, 11) is 0. The number of ketones is 1. The lowest BCUT2D eigenvalue weighted by molar-refractivity contribution is -0.134. The van der Waals surface area contributed by atoms with Gasteiger partial charge in [-0.05, 0) is 53.0 Å². The molecule has 1 fully saturated rings. The van der Waals surface area contributed by atoms with Crippen LogP contribution in [-0.2, 0) is 4.79 Å². The average molecular weight is 329 g/mol. The summed E-state index contributed by atoms with van der Waals surface area (Å²) in [6, 6.07) is 17.0. The van der Waals surface area contributed by atoms with E-state index in [2.05, 4.69) is 68.5 Å². The molecule has 0 aromatic heterocycles. The fraction of sp³-hybridized carbons (Fsp3) is 0.391. The second kappa shape index (κ2) is 5.56. The highest BCUT2D eigenvalue weighted by molar-refractivity contribution is 6.05. The van der Waals surface area contributed by atoms with Crippen molar-refractivity contribution in [1.82, 2.24) is 0 Å². The van der Waals surface area contributed by atoms with Gasteiger partial charge in [0.1, 0.15) is 5.78 Å². The van der Waals surface area contributed by atoms with E-state index >= 15 is 0 Å². The highest BCUT2D eigenvalue weighted by Gasteiger charge is 2.55. The van der Waals surface area contributed by atoms with Crippen molar-refractivity contribution in [2.75, 3.05) is 0 Å². The van der Waals surface area contributed by atoms with Crippen LogP contribution in [0.1, 0.15) is 45.1 Å². The molecule has 0 aliphatic heterocycles. The van der Waals surface area contributed by atoms with Gasteiger partial charge in [-0.3, -0.25) is 4.79 Å². The summed E-state index contributed by atoms with van der Waals surface area (Å²) in [6.45, 7) is 4.37. The molecule has 25 heavy (non-hydrogen) atoms. The Hall–Kier alpha value is -2.40. The van der Waals surface area contributed by atoms with Gasteiger partial charge in [0.25, 0.3) is 0 Å². The molecule has 1 saturated carbocycles. The Morgan fingerprint density at radius 2 is 1.92 bits per heavy atom. The molecular weight excluding hydrogens is 306 g/mol. The monoisotopic (exact) mass is 329 g/mol.